The maximum absolute atomic E-state index is 12.4. The van der Waals surface area contributed by atoms with Crippen LogP contribution >= 0.6 is 0 Å². The highest BCUT2D eigenvalue weighted by molar-refractivity contribution is 6.05. The van der Waals surface area contributed by atoms with Gasteiger partial charge in [-0.1, -0.05) is 13.3 Å². The van der Waals surface area contributed by atoms with Gasteiger partial charge in [0.15, 0.2) is 11.5 Å². The molecule has 1 aromatic heterocycles. The summed E-state index contributed by atoms with van der Waals surface area (Å²) in [4.78, 5) is 49.6. The number of carbonyl (C=O) groups excluding carboxylic acids is 2. The molecule has 0 bridgehead atoms. The lowest BCUT2D eigenvalue weighted by Crippen LogP contribution is -2.39. The lowest BCUT2D eigenvalue weighted by molar-refractivity contribution is -0.141. The van der Waals surface area contributed by atoms with Crippen LogP contribution in [0.15, 0.2) is 12.3 Å². The van der Waals surface area contributed by atoms with Crippen LogP contribution in [0.4, 0.5) is 0 Å². The van der Waals surface area contributed by atoms with E-state index in [1.54, 1.807) is 0 Å². The van der Waals surface area contributed by atoms with Crippen LogP contribution in [0.3, 0.4) is 0 Å². The van der Waals surface area contributed by atoms with Gasteiger partial charge in [-0.05, 0) is 30.9 Å². The monoisotopic (exact) mass is 350 g/mol. The Balaban J connectivity index is 2.95. The fourth-order valence-electron chi connectivity index (χ4n) is 2.32. The Morgan fingerprint density at radius 2 is 1.92 bits per heavy atom. The molecule has 1 amide bonds. The maximum Gasteiger partial charge on any atom is 0.355 e. The van der Waals surface area contributed by atoms with E-state index in [0.29, 0.717) is 6.42 Å². The second-order valence-electron chi connectivity index (χ2n) is 5.70. The fourth-order valence-corrected chi connectivity index (χ4v) is 2.32. The van der Waals surface area contributed by atoms with Crippen LogP contribution in [-0.4, -0.2) is 44.9 Å². The SMILES string of the molecule is CCCCc1cnc(C(=O)O)c(C(=O)CC[C@H](NC(C)=O)C(=O)O)c1. The molecule has 0 aromatic carbocycles. The summed E-state index contributed by atoms with van der Waals surface area (Å²) in [5.74, 6) is -3.60. The van der Waals surface area contributed by atoms with Crippen LogP contribution in [0.1, 0.15) is 65.9 Å². The van der Waals surface area contributed by atoms with Crippen molar-refractivity contribution in [2.45, 2.75) is 52.0 Å². The Bertz CT molecular complexity index is 671. The highest BCUT2D eigenvalue weighted by Gasteiger charge is 2.23. The number of rotatable bonds is 10. The number of aryl methyl sites for hydroxylation is 1. The third-order valence-corrected chi connectivity index (χ3v) is 3.60. The van der Waals surface area contributed by atoms with Gasteiger partial charge < -0.3 is 15.5 Å². The number of amides is 1. The summed E-state index contributed by atoms with van der Waals surface area (Å²) in [6, 6.07) is 0.300. The van der Waals surface area contributed by atoms with E-state index in [2.05, 4.69) is 10.3 Å². The molecule has 0 spiro atoms. The summed E-state index contributed by atoms with van der Waals surface area (Å²) in [6.07, 6.45) is 3.59. The highest BCUT2D eigenvalue weighted by Crippen LogP contribution is 2.15. The van der Waals surface area contributed by atoms with Gasteiger partial charge in [-0.25, -0.2) is 14.6 Å². The summed E-state index contributed by atoms with van der Waals surface area (Å²) < 4.78 is 0. The second-order valence-corrected chi connectivity index (χ2v) is 5.70. The molecule has 0 saturated heterocycles. The first-order valence-electron chi connectivity index (χ1n) is 8.01. The number of unbranched alkanes of at least 4 members (excludes halogenated alkanes) is 1. The summed E-state index contributed by atoms with van der Waals surface area (Å²) in [5, 5.41) is 20.5. The van der Waals surface area contributed by atoms with Gasteiger partial charge in [0, 0.05) is 19.5 Å². The van der Waals surface area contributed by atoms with Crippen molar-refractivity contribution in [2.75, 3.05) is 0 Å². The minimum absolute atomic E-state index is 0.0342. The Morgan fingerprint density at radius 3 is 2.44 bits per heavy atom. The van der Waals surface area contributed by atoms with Crippen molar-refractivity contribution >= 4 is 23.6 Å². The fraction of sp³-hybridized carbons (Fsp3) is 0.471. The van der Waals surface area contributed by atoms with E-state index in [9.17, 15) is 24.3 Å². The zero-order chi connectivity index (χ0) is 19.0. The molecule has 3 N–H and O–H groups in total. The molecule has 8 nitrogen and oxygen atoms in total. The van der Waals surface area contributed by atoms with Gasteiger partial charge >= 0.3 is 11.9 Å². The number of aromatic nitrogens is 1. The molecule has 8 heteroatoms. The van der Waals surface area contributed by atoms with Crippen molar-refractivity contribution in [2.24, 2.45) is 0 Å². The Labute approximate surface area is 145 Å². The van der Waals surface area contributed by atoms with Crippen molar-refractivity contribution in [3.05, 3.63) is 29.1 Å². The summed E-state index contributed by atoms with van der Waals surface area (Å²) in [5.41, 5.74) is 0.372. The average Bonchev–Trinajstić information content (AvgIpc) is 2.55. The van der Waals surface area contributed by atoms with E-state index in [1.165, 1.54) is 19.2 Å². The average molecular weight is 350 g/mol. The van der Waals surface area contributed by atoms with Crippen molar-refractivity contribution in [1.29, 1.82) is 0 Å². The molecule has 1 rings (SSSR count). The van der Waals surface area contributed by atoms with Crippen LogP contribution < -0.4 is 5.32 Å². The standard InChI is InChI=1S/C17H22N2O6/c1-3-4-5-11-8-12(15(17(24)25)18-9-11)14(21)7-6-13(16(22)23)19-10(2)20/h8-9,13H,3-7H2,1-2H3,(H,19,20)(H,22,23)(H,24,25)/t13-/m0/s1. The van der Waals surface area contributed by atoms with E-state index in [4.69, 9.17) is 5.11 Å². The number of carboxylic acids is 2. The van der Waals surface area contributed by atoms with Gasteiger partial charge in [0.1, 0.15) is 6.04 Å². The number of hydrogen-bond acceptors (Lipinski definition) is 5. The van der Waals surface area contributed by atoms with E-state index < -0.39 is 29.7 Å². The Hall–Kier alpha value is -2.77. The van der Waals surface area contributed by atoms with Crippen LogP contribution in [0, 0.1) is 0 Å². The third-order valence-electron chi connectivity index (χ3n) is 3.60. The predicted molar refractivity (Wildman–Crippen MR) is 88.6 cm³/mol. The third kappa shape index (κ3) is 6.33. The molecular formula is C17H22N2O6. The zero-order valence-corrected chi connectivity index (χ0v) is 14.2. The molecule has 1 atom stereocenters. The van der Waals surface area contributed by atoms with E-state index in [-0.39, 0.29) is 24.1 Å². The van der Waals surface area contributed by atoms with Crippen LogP contribution in [0.2, 0.25) is 0 Å². The van der Waals surface area contributed by atoms with Crippen molar-refractivity contribution < 1.29 is 29.4 Å². The minimum atomic E-state index is -1.32. The number of aliphatic carboxylic acids is 1. The first-order chi connectivity index (χ1) is 11.8. The van der Waals surface area contributed by atoms with Gasteiger partial charge in [-0.3, -0.25) is 9.59 Å². The lowest BCUT2D eigenvalue weighted by atomic mass is 9.99. The predicted octanol–water partition coefficient (Wildman–Crippen LogP) is 1.67. The first kappa shape index (κ1) is 20.3. The normalized spacial score (nSPS) is 11.6. The smallest absolute Gasteiger partial charge is 0.355 e. The van der Waals surface area contributed by atoms with E-state index in [1.807, 2.05) is 6.92 Å². The van der Waals surface area contributed by atoms with Gasteiger partial charge in [0.05, 0.1) is 5.56 Å². The van der Waals surface area contributed by atoms with Gasteiger partial charge in [-0.15, -0.1) is 0 Å². The number of Topliss-reactive ketones (excluding diaryl/α,β-unsaturated/α-hetero) is 1. The van der Waals surface area contributed by atoms with E-state index in [0.717, 1.165) is 18.4 Å². The number of carbonyl (C=O) groups is 4. The Kier molecular flexibility index (Phi) is 7.71. The van der Waals surface area contributed by atoms with Crippen LogP contribution in [0.25, 0.3) is 0 Å². The topological polar surface area (TPSA) is 134 Å². The maximum atomic E-state index is 12.4. The number of carboxylic acid groups (broad SMARTS) is 2. The van der Waals surface area contributed by atoms with Crippen LogP contribution in [0.5, 0.6) is 0 Å². The van der Waals surface area contributed by atoms with E-state index >= 15 is 0 Å². The minimum Gasteiger partial charge on any atom is -0.480 e. The van der Waals surface area contributed by atoms with Crippen molar-refractivity contribution in [3.63, 3.8) is 0 Å². The largest absolute Gasteiger partial charge is 0.480 e. The summed E-state index contributed by atoms with van der Waals surface area (Å²) in [7, 11) is 0. The van der Waals surface area contributed by atoms with Crippen molar-refractivity contribution in [3.8, 4) is 0 Å². The quantitative estimate of drug-likeness (QED) is 0.546. The molecule has 0 aliphatic heterocycles. The van der Waals surface area contributed by atoms with Crippen LogP contribution in [-0.2, 0) is 16.0 Å². The van der Waals surface area contributed by atoms with Gasteiger partial charge in [-0.2, -0.15) is 0 Å². The molecule has 0 radical (unpaired) electrons. The molecule has 1 aromatic rings. The summed E-state index contributed by atoms with van der Waals surface area (Å²) in [6.45, 7) is 3.20. The number of aromatic carboxylic acids is 1. The van der Waals surface area contributed by atoms with Gasteiger partial charge in [0.2, 0.25) is 5.91 Å². The number of ketones is 1. The summed E-state index contributed by atoms with van der Waals surface area (Å²) >= 11 is 0. The van der Waals surface area contributed by atoms with Gasteiger partial charge in [0.25, 0.3) is 0 Å². The molecule has 0 aliphatic rings. The molecule has 136 valence electrons. The molecule has 0 saturated carbocycles. The molecule has 0 aliphatic carbocycles. The highest BCUT2D eigenvalue weighted by atomic mass is 16.4. The number of nitrogens with one attached hydrogen (secondary N) is 1. The molecule has 1 heterocycles. The van der Waals surface area contributed by atoms with Crippen molar-refractivity contribution in [1.82, 2.24) is 10.3 Å². The molecule has 0 unspecified atom stereocenters. The molecular weight excluding hydrogens is 328 g/mol. The number of nitrogens with zero attached hydrogens (tertiary/aromatic N) is 1. The number of pyridine rings is 1. The lowest BCUT2D eigenvalue weighted by Gasteiger charge is -2.13. The number of hydrogen-bond donors (Lipinski definition) is 3. The Morgan fingerprint density at radius 1 is 1.24 bits per heavy atom. The molecule has 25 heavy (non-hydrogen) atoms. The molecule has 0 fully saturated rings. The zero-order valence-electron chi connectivity index (χ0n) is 14.2. The second kappa shape index (κ2) is 9.51. The first-order valence-corrected chi connectivity index (χ1v) is 8.01.